The van der Waals surface area contributed by atoms with Gasteiger partial charge in [0, 0.05) is 18.0 Å². The number of nitriles is 1. The Morgan fingerprint density at radius 2 is 2.23 bits per heavy atom. The molecule has 5 heteroatoms. The molecule has 1 fully saturated rings. The van der Waals surface area contributed by atoms with Crippen LogP contribution in [0.15, 0.2) is 5.11 Å². The molecule has 0 saturated heterocycles. The van der Waals surface area contributed by atoms with Crippen molar-refractivity contribution in [3.8, 4) is 6.07 Å². The van der Waals surface area contributed by atoms with Crippen LogP contribution in [0.5, 0.6) is 0 Å². The summed E-state index contributed by atoms with van der Waals surface area (Å²) < 4.78 is 0. The molecule has 0 atom stereocenters. The third-order valence-electron chi connectivity index (χ3n) is 2.41. The number of hydrogen-bond donors (Lipinski definition) is 1. The summed E-state index contributed by atoms with van der Waals surface area (Å²) in [6, 6.07) is 2.31. The highest BCUT2D eigenvalue weighted by Crippen LogP contribution is 2.28. The lowest BCUT2D eigenvalue weighted by atomic mass is 10.0. The first-order chi connectivity index (χ1) is 6.33. The smallest absolute Gasteiger partial charge is 0.106 e. The summed E-state index contributed by atoms with van der Waals surface area (Å²) in [6.45, 7) is 1.01. The monoisotopic (exact) mass is 179 g/mol. The van der Waals surface area contributed by atoms with Crippen LogP contribution in [-0.4, -0.2) is 18.6 Å². The van der Waals surface area contributed by atoms with Crippen molar-refractivity contribution in [2.75, 3.05) is 13.1 Å². The number of hydrogen-bond acceptors (Lipinski definition) is 3. The molecule has 0 radical (unpaired) electrons. The van der Waals surface area contributed by atoms with Gasteiger partial charge in [-0.05, 0) is 18.4 Å². The molecule has 1 aliphatic rings. The Bertz CT molecular complexity index is 242. The SMILES string of the molecule is N#CC1(NCCN=[N+]=[N-])CCCC1. The fourth-order valence-electron chi connectivity index (χ4n) is 1.70. The zero-order valence-corrected chi connectivity index (χ0v) is 7.53. The van der Waals surface area contributed by atoms with Crippen molar-refractivity contribution in [2.45, 2.75) is 31.2 Å². The quantitative estimate of drug-likeness (QED) is 0.308. The summed E-state index contributed by atoms with van der Waals surface area (Å²) in [5.74, 6) is 0. The van der Waals surface area contributed by atoms with Gasteiger partial charge in [-0.3, -0.25) is 5.32 Å². The molecule has 0 heterocycles. The summed E-state index contributed by atoms with van der Waals surface area (Å²) in [6.07, 6.45) is 4.06. The second-order valence-corrected chi connectivity index (χ2v) is 3.28. The molecule has 0 unspecified atom stereocenters. The van der Waals surface area contributed by atoms with Gasteiger partial charge in [-0.1, -0.05) is 18.0 Å². The van der Waals surface area contributed by atoms with Gasteiger partial charge in [0.2, 0.25) is 0 Å². The fraction of sp³-hybridized carbons (Fsp3) is 0.875. The van der Waals surface area contributed by atoms with Crippen LogP contribution in [0, 0.1) is 11.3 Å². The summed E-state index contributed by atoms with van der Waals surface area (Å²) in [7, 11) is 0. The van der Waals surface area contributed by atoms with Gasteiger partial charge in [0.15, 0.2) is 0 Å². The maximum absolute atomic E-state index is 8.96. The van der Waals surface area contributed by atoms with Crippen LogP contribution in [-0.2, 0) is 0 Å². The molecular formula is C8H13N5. The van der Waals surface area contributed by atoms with Crippen LogP contribution in [0.4, 0.5) is 0 Å². The minimum atomic E-state index is -0.342. The highest BCUT2D eigenvalue weighted by Gasteiger charge is 2.32. The van der Waals surface area contributed by atoms with Crippen LogP contribution in [0.25, 0.3) is 10.4 Å². The van der Waals surface area contributed by atoms with E-state index in [0.29, 0.717) is 13.1 Å². The van der Waals surface area contributed by atoms with Gasteiger partial charge in [0.25, 0.3) is 0 Å². The van der Waals surface area contributed by atoms with Gasteiger partial charge in [0.1, 0.15) is 5.54 Å². The molecule has 1 rings (SSSR count). The topological polar surface area (TPSA) is 84.6 Å². The zero-order valence-electron chi connectivity index (χ0n) is 7.53. The molecule has 70 valence electrons. The van der Waals surface area contributed by atoms with Gasteiger partial charge in [-0.2, -0.15) is 5.26 Å². The molecular weight excluding hydrogens is 166 g/mol. The van der Waals surface area contributed by atoms with E-state index in [1.54, 1.807) is 0 Å². The van der Waals surface area contributed by atoms with Gasteiger partial charge in [-0.15, -0.1) is 0 Å². The Labute approximate surface area is 77.4 Å². The Morgan fingerprint density at radius 3 is 2.77 bits per heavy atom. The normalized spacial score (nSPS) is 19.0. The first kappa shape index (κ1) is 9.85. The Hall–Kier alpha value is -1.24. The van der Waals surface area contributed by atoms with Crippen LogP contribution >= 0.6 is 0 Å². The summed E-state index contributed by atoms with van der Waals surface area (Å²) >= 11 is 0. The predicted molar refractivity (Wildman–Crippen MR) is 48.8 cm³/mol. The predicted octanol–water partition coefficient (Wildman–Crippen LogP) is 1.72. The molecule has 0 aromatic rings. The molecule has 13 heavy (non-hydrogen) atoms. The van der Waals surface area contributed by atoms with E-state index < -0.39 is 0 Å². The lowest BCUT2D eigenvalue weighted by Crippen LogP contribution is -2.42. The van der Waals surface area contributed by atoms with E-state index in [1.807, 2.05) is 0 Å². The summed E-state index contributed by atoms with van der Waals surface area (Å²) in [5, 5.41) is 15.5. The van der Waals surface area contributed by atoms with Gasteiger partial charge < -0.3 is 0 Å². The fourth-order valence-corrected chi connectivity index (χ4v) is 1.70. The van der Waals surface area contributed by atoms with Crippen molar-refractivity contribution in [2.24, 2.45) is 5.11 Å². The Balaban J connectivity index is 2.32. The molecule has 0 aromatic heterocycles. The summed E-state index contributed by atoms with van der Waals surface area (Å²) in [5.41, 5.74) is 7.70. The van der Waals surface area contributed by atoms with E-state index in [2.05, 4.69) is 21.4 Å². The van der Waals surface area contributed by atoms with Gasteiger partial charge >= 0.3 is 0 Å². The van der Waals surface area contributed by atoms with Crippen molar-refractivity contribution in [1.82, 2.24) is 5.32 Å². The van der Waals surface area contributed by atoms with Crippen molar-refractivity contribution >= 4 is 0 Å². The van der Waals surface area contributed by atoms with Gasteiger partial charge in [0.05, 0.1) is 6.07 Å². The van der Waals surface area contributed by atoms with E-state index in [0.717, 1.165) is 25.7 Å². The lowest BCUT2D eigenvalue weighted by Gasteiger charge is -2.21. The maximum atomic E-state index is 8.96. The maximum Gasteiger partial charge on any atom is 0.106 e. The number of azide groups is 1. The van der Waals surface area contributed by atoms with Crippen LogP contribution < -0.4 is 5.32 Å². The van der Waals surface area contributed by atoms with E-state index in [4.69, 9.17) is 10.8 Å². The lowest BCUT2D eigenvalue weighted by molar-refractivity contribution is 0.429. The van der Waals surface area contributed by atoms with Crippen LogP contribution in [0.3, 0.4) is 0 Å². The molecule has 0 bridgehead atoms. The third-order valence-corrected chi connectivity index (χ3v) is 2.41. The number of nitrogens with one attached hydrogen (secondary N) is 1. The van der Waals surface area contributed by atoms with Crippen LogP contribution in [0.2, 0.25) is 0 Å². The number of nitrogens with zero attached hydrogens (tertiary/aromatic N) is 4. The second-order valence-electron chi connectivity index (χ2n) is 3.28. The van der Waals surface area contributed by atoms with Crippen molar-refractivity contribution < 1.29 is 0 Å². The Kier molecular flexibility index (Phi) is 3.56. The molecule has 0 aliphatic heterocycles. The second kappa shape index (κ2) is 4.70. The molecule has 5 nitrogen and oxygen atoms in total. The van der Waals surface area contributed by atoms with E-state index in [1.165, 1.54) is 0 Å². The Morgan fingerprint density at radius 1 is 1.54 bits per heavy atom. The molecule has 1 aliphatic carbocycles. The zero-order chi connectivity index (χ0) is 9.57. The van der Waals surface area contributed by atoms with Crippen molar-refractivity contribution in [3.63, 3.8) is 0 Å². The minimum absolute atomic E-state index is 0.342. The first-order valence-electron chi connectivity index (χ1n) is 4.50. The van der Waals surface area contributed by atoms with Gasteiger partial charge in [-0.25, -0.2) is 0 Å². The molecule has 0 aromatic carbocycles. The third kappa shape index (κ3) is 2.62. The van der Waals surface area contributed by atoms with Crippen molar-refractivity contribution in [1.29, 1.82) is 5.26 Å². The standard InChI is InChI=1S/C8H13N5/c9-7-8(3-1-2-4-8)11-5-6-12-13-10/h11H,1-6H2. The van der Waals surface area contributed by atoms with E-state index >= 15 is 0 Å². The largest absolute Gasteiger partial charge is 0.299 e. The molecule has 1 N–H and O–H groups in total. The molecule has 0 spiro atoms. The minimum Gasteiger partial charge on any atom is -0.299 e. The van der Waals surface area contributed by atoms with Crippen molar-refractivity contribution in [3.05, 3.63) is 10.4 Å². The number of rotatable bonds is 4. The van der Waals surface area contributed by atoms with E-state index in [9.17, 15) is 0 Å². The highest BCUT2D eigenvalue weighted by atomic mass is 15.1. The molecule has 0 amide bonds. The highest BCUT2D eigenvalue weighted by molar-refractivity contribution is 5.09. The molecule has 1 saturated carbocycles. The average molecular weight is 179 g/mol. The summed E-state index contributed by atoms with van der Waals surface area (Å²) in [4.78, 5) is 2.65. The average Bonchev–Trinajstić information content (AvgIpc) is 2.62. The van der Waals surface area contributed by atoms with Crippen LogP contribution in [0.1, 0.15) is 25.7 Å². The van der Waals surface area contributed by atoms with E-state index in [-0.39, 0.29) is 5.54 Å². The first-order valence-corrected chi connectivity index (χ1v) is 4.50.